The summed E-state index contributed by atoms with van der Waals surface area (Å²) < 4.78 is 64.4. The third-order valence-electron chi connectivity index (χ3n) is 6.01. The second kappa shape index (κ2) is 8.47. The minimum absolute atomic E-state index is 0.0225. The number of alkyl halides is 3. The van der Waals surface area contributed by atoms with Crippen molar-refractivity contribution < 1.29 is 46.4 Å². The Bertz CT molecular complexity index is 1490. The minimum Gasteiger partial charge on any atom is -0.493 e. The van der Waals surface area contributed by atoms with Crippen molar-refractivity contribution in [2.24, 2.45) is 0 Å². The van der Waals surface area contributed by atoms with Crippen LogP contribution in [-0.4, -0.2) is 50.1 Å². The number of pyridine rings is 1. The van der Waals surface area contributed by atoms with Crippen molar-refractivity contribution >= 4 is 22.5 Å². The molecular weight excluding hydrogens is 487 g/mol. The van der Waals surface area contributed by atoms with Crippen LogP contribution in [0.4, 0.5) is 13.2 Å². The van der Waals surface area contributed by atoms with Crippen LogP contribution >= 0.6 is 0 Å². The van der Waals surface area contributed by atoms with Gasteiger partial charge in [-0.15, -0.1) is 0 Å². The van der Waals surface area contributed by atoms with E-state index in [1.54, 1.807) is 6.07 Å². The summed E-state index contributed by atoms with van der Waals surface area (Å²) in [4.78, 5) is 38.2. The van der Waals surface area contributed by atoms with E-state index in [9.17, 15) is 27.6 Å². The fraction of sp³-hybridized carbons (Fsp3) is 0.292. The molecule has 2 heterocycles. The molecule has 9 nitrogen and oxygen atoms in total. The van der Waals surface area contributed by atoms with Gasteiger partial charge in [-0.05, 0) is 30.7 Å². The van der Waals surface area contributed by atoms with E-state index in [0.29, 0.717) is 28.2 Å². The summed E-state index contributed by atoms with van der Waals surface area (Å²) >= 11 is 0. The van der Waals surface area contributed by atoms with Crippen LogP contribution in [0, 0.1) is 0 Å². The third kappa shape index (κ3) is 3.60. The van der Waals surface area contributed by atoms with Gasteiger partial charge in [-0.3, -0.25) is 9.59 Å². The topological polar surface area (TPSA) is 102 Å². The molecule has 0 unspecified atom stereocenters. The fourth-order valence-corrected chi connectivity index (χ4v) is 4.43. The highest BCUT2D eigenvalue weighted by atomic mass is 19.4. The molecule has 2 aromatic carbocycles. The first-order valence-electron chi connectivity index (χ1n) is 10.7. The molecule has 0 spiro atoms. The number of carbonyl (C=O) groups is 2. The number of ether oxygens (including phenoxy) is 5. The number of nitrogens with zero attached hydrogens (tertiary/aromatic N) is 1. The highest BCUT2D eigenvalue weighted by Crippen LogP contribution is 2.46. The summed E-state index contributed by atoms with van der Waals surface area (Å²) in [5.41, 5.74) is 0.690. The lowest BCUT2D eigenvalue weighted by molar-refractivity contribution is -0.199. The first-order valence-corrected chi connectivity index (χ1v) is 10.7. The maximum absolute atomic E-state index is 13.6. The summed E-state index contributed by atoms with van der Waals surface area (Å²) in [6.45, 7) is -0.728. The van der Waals surface area contributed by atoms with Crippen LogP contribution in [0.3, 0.4) is 0 Å². The van der Waals surface area contributed by atoms with Crippen LogP contribution < -0.4 is 24.5 Å². The first-order chi connectivity index (χ1) is 17.2. The molecule has 0 N–H and O–H groups in total. The molecule has 3 aromatic rings. The molecule has 0 fully saturated rings. The molecule has 1 aliphatic heterocycles. The zero-order valence-corrected chi connectivity index (χ0v) is 19.0. The second-order valence-corrected chi connectivity index (χ2v) is 8.00. The van der Waals surface area contributed by atoms with Crippen molar-refractivity contribution in [2.75, 3.05) is 27.6 Å². The highest BCUT2D eigenvalue weighted by molar-refractivity contribution is 6.27. The Hall–Kier alpha value is -4.22. The number of aromatic nitrogens is 1. The Balaban J connectivity index is 1.66. The summed E-state index contributed by atoms with van der Waals surface area (Å²) in [5, 5.41) is 0.482. The number of benzene rings is 2. The molecule has 36 heavy (non-hydrogen) atoms. The molecular formula is C24H18F3NO8. The number of carbonyl (C=O) groups excluding carboxylic acids is 2. The number of rotatable bonds is 6. The minimum atomic E-state index is -5.12. The summed E-state index contributed by atoms with van der Waals surface area (Å²) in [6, 6.07) is 6.11. The monoisotopic (exact) mass is 505 g/mol. The van der Waals surface area contributed by atoms with Gasteiger partial charge in [0.15, 0.2) is 28.8 Å². The van der Waals surface area contributed by atoms with Gasteiger partial charge < -0.3 is 28.3 Å². The van der Waals surface area contributed by atoms with Crippen LogP contribution in [0.25, 0.3) is 22.0 Å². The van der Waals surface area contributed by atoms with Crippen molar-refractivity contribution in [3.63, 3.8) is 0 Å². The lowest BCUT2D eigenvalue weighted by Gasteiger charge is -2.17. The van der Waals surface area contributed by atoms with Crippen LogP contribution in [0.2, 0.25) is 0 Å². The van der Waals surface area contributed by atoms with Gasteiger partial charge in [0.1, 0.15) is 0 Å². The number of hydrogen-bond acceptors (Lipinski definition) is 8. The van der Waals surface area contributed by atoms with Gasteiger partial charge >= 0.3 is 12.1 Å². The molecule has 1 aliphatic carbocycles. The molecule has 0 atom stereocenters. The Morgan fingerprint density at radius 3 is 2.19 bits per heavy atom. The van der Waals surface area contributed by atoms with Gasteiger partial charge in [0.05, 0.1) is 37.5 Å². The van der Waals surface area contributed by atoms with Crippen LogP contribution in [0.15, 0.2) is 29.1 Å². The standard InChI is InChI=1S/C24H18F3NO8/c1-32-15-6-11-14(9-16(15)33-2)22(30)28(4-3-5-34-23(31)24(25,26)27)20-12-7-17-18(36-10-35-17)8-13(12)21(29)19(11)20/h6-9H,3-5,10H2,1-2H3. The van der Waals surface area contributed by atoms with E-state index in [4.69, 9.17) is 18.9 Å². The number of esters is 1. The van der Waals surface area contributed by atoms with Gasteiger partial charge in [0.2, 0.25) is 6.79 Å². The van der Waals surface area contributed by atoms with E-state index >= 15 is 0 Å². The first kappa shape index (κ1) is 23.5. The average molecular weight is 505 g/mol. The molecule has 0 saturated carbocycles. The number of ketones is 1. The maximum atomic E-state index is 13.6. The average Bonchev–Trinajstić information content (AvgIpc) is 3.42. The Labute approximate surface area is 200 Å². The van der Waals surface area contributed by atoms with E-state index < -0.39 is 24.3 Å². The normalized spacial score (nSPS) is 13.5. The number of halogens is 3. The van der Waals surface area contributed by atoms with Gasteiger partial charge in [-0.1, -0.05) is 0 Å². The van der Waals surface area contributed by atoms with Crippen molar-refractivity contribution in [1.82, 2.24) is 4.57 Å². The summed E-state index contributed by atoms with van der Waals surface area (Å²) in [7, 11) is 2.82. The van der Waals surface area contributed by atoms with Gasteiger partial charge in [-0.25, -0.2) is 4.79 Å². The van der Waals surface area contributed by atoms with E-state index in [-0.39, 0.29) is 53.5 Å². The van der Waals surface area contributed by atoms with E-state index in [0.717, 1.165) is 0 Å². The molecule has 0 radical (unpaired) electrons. The Kier molecular flexibility index (Phi) is 5.53. The van der Waals surface area contributed by atoms with Crippen molar-refractivity contribution in [3.05, 3.63) is 45.7 Å². The van der Waals surface area contributed by atoms with E-state index in [2.05, 4.69) is 4.74 Å². The maximum Gasteiger partial charge on any atom is 0.490 e. The molecule has 188 valence electrons. The van der Waals surface area contributed by atoms with Crippen molar-refractivity contribution in [1.29, 1.82) is 0 Å². The lowest BCUT2D eigenvalue weighted by atomic mass is 10.0. The van der Waals surface area contributed by atoms with Gasteiger partial charge in [0.25, 0.3) is 5.56 Å². The van der Waals surface area contributed by atoms with E-state index in [1.807, 2.05) is 0 Å². The molecule has 5 rings (SSSR count). The second-order valence-electron chi connectivity index (χ2n) is 8.00. The van der Waals surface area contributed by atoms with Gasteiger partial charge in [-0.2, -0.15) is 13.2 Å². The van der Waals surface area contributed by atoms with Crippen LogP contribution in [0.5, 0.6) is 23.0 Å². The Morgan fingerprint density at radius 1 is 0.972 bits per heavy atom. The largest absolute Gasteiger partial charge is 0.493 e. The molecule has 2 aliphatic rings. The van der Waals surface area contributed by atoms with Crippen LogP contribution in [0.1, 0.15) is 22.3 Å². The molecule has 0 saturated heterocycles. The zero-order chi connectivity index (χ0) is 25.8. The molecule has 12 heteroatoms. The SMILES string of the molecule is COc1cc2c3c(n(CCCOC(=O)C(F)(F)F)c(=O)c2cc1OC)-c1cc2c(cc1C3=O)OCO2. The third-order valence-corrected chi connectivity index (χ3v) is 6.01. The molecule has 0 bridgehead atoms. The predicted molar refractivity (Wildman–Crippen MR) is 118 cm³/mol. The zero-order valence-electron chi connectivity index (χ0n) is 19.0. The predicted octanol–water partition coefficient (Wildman–Crippen LogP) is 3.45. The van der Waals surface area contributed by atoms with Crippen LogP contribution in [-0.2, 0) is 16.1 Å². The summed E-state index contributed by atoms with van der Waals surface area (Å²) in [6.07, 6.45) is -5.23. The van der Waals surface area contributed by atoms with Crippen molar-refractivity contribution in [3.8, 4) is 34.3 Å². The fourth-order valence-electron chi connectivity index (χ4n) is 4.43. The van der Waals surface area contributed by atoms with Gasteiger partial charge in [0, 0.05) is 23.1 Å². The number of hydrogen-bond donors (Lipinski definition) is 0. The number of methoxy groups -OCH3 is 2. The highest BCUT2D eigenvalue weighted by Gasteiger charge is 2.41. The quantitative estimate of drug-likeness (QED) is 0.290. The van der Waals surface area contributed by atoms with E-state index in [1.165, 1.54) is 37.0 Å². The molecule has 0 amide bonds. The smallest absolute Gasteiger partial charge is 0.490 e. The van der Waals surface area contributed by atoms with Crippen molar-refractivity contribution in [2.45, 2.75) is 19.1 Å². The number of fused-ring (bicyclic) bond motifs is 6. The lowest BCUT2D eigenvalue weighted by Crippen LogP contribution is -2.27. The Morgan fingerprint density at radius 2 is 1.58 bits per heavy atom. The molecule has 1 aromatic heterocycles. The summed E-state index contributed by atoms with van der Waals surface area (Å²) in [5.74, 6) is -1.35.